The van der Waals surface area contributed by atoms with E-state index in [4.69, 9.17) is 4.74 Å². The van der Waals surface area contributed by atoms with Crippen molar-refractivity contribution in [3.05, 3.63) is 28.5 Å². The lowest BCUT2D eigenvalue weighted by Crippen LogP contribution is -2.37. The van der Waals surface area contributed by atoms with E-state index < -0.39 is 0 Å². The number of hydrogen-bond acceptors (Lipinski definition) is 3. The predicted molar refractivity (Wildman–Crippen MR) is 76.7 cm³/mol. The van der Waals surface area contributed by atoms with Crippen LogP contribution in [0, 0.1) is 5.41 Å². The van der Waals surface area contributed by atoms with Crippen LogP contribution in [-0.4, -0.2) is 31.3 Å². The Morgan fingerprint density at radius 2 is 2.39 bits per heavy atom. The maximum atomic E-state index is 5.62. The number of nitrogens with one attached hydrogen (secondary N) is 1. The van der Waals surface area contributed by atoms with Crippen LogP contribution in [0.5, 0.6) is 0 Å². The van der Waals surface area contributed by atoms with Crippen LogP contribution in [0.3, 0.4) is 0 Å². The smallest absolute Gasteiger partial charge is 0.0538 e. The third kappa shape index (κ3) is 3.77. The fourth-order valence-corrected chi connectivity index (χ4v) is 2.92. The molecule has 3 nitrogen and oxygen atoms in total. The highest BCUT2D eigenvalue weighted by Gasteiger charge is 2.34. The van der Waals surface area contributed by atoms with Crippen molar-refractivity contribution in [2.24, 2.45) is 5.41 Å². The molecule has 0 aromatic carbocycles. The number of nitrogens with zero attached hydrogens (tertiary/aromatic N) is 1. The zero-order valence-corrected chi connectivity index (χ0v) is 12.5. The number of aromatic nitrogens is 1. The van der Waals surface area contributed by atoms with Gasteiger partial charge in [-0.25, -0.2) is 0 Å². The van der Waals surface area contributed by atoms with Crippen LogP contribution in [0.2, 0.25) is 0 Å². The molecule has 1 aromatic heterocycles. The summed E-state index contributed by atoms with van der Waals surface area (Å²) < 4.78 is 6.67. The van der Waals surface area contributed by atoms with E-state index >= 15 is 0 Å². The van der Waals surface area contributed by atoms with Crippen molar-refractivity contribution in [2.45, 2.75) is 26.2 Å². The van der Waals surface area contributed by atoms with Crippen molar-refractivity contribution < 1.29 is 4.74 Å². The Balaban J connectivity index is 2.01. The molecule has 18 heavy (non-hydrogen) atoms. The number of pyridine rings is 1. The Kier molecular flexibility index (Phi) is 5.15. The van der Waals surface area contributed by atoms with Crippen molar-refractivity contribution in [1.82, 2.24) is 10.3 Å². The van der Waals surface area contributed by atoms with E-state index in [2.05, 4.69) is 39.2 Å². The highest BCUT2D eigenvalue weighted by atomic mass is 79.9. The fraction of sp³-hybridized carbons (Fsp3) is 0.643. The molecule has 1 N–H and O–H groups in total. The molecule has 1 aliphatic rings. The topological polar surface area (TPSA) is 34.2 Å². The van der Waals surface area contributed by atoms with Crippen LogP contribution in [-0.2, 0) is 11.2 Å². The van der Waals surface area contributed by atoms with Gasteiger partial charge in [-0.15, -0.1) is 0 Å². The fourth-order valence-electron chi connectivity index (χ4n) is 2.51. The summed E-state index contributed by atoms with van der Waals surface area (Å²) in [7, 11) is 0. The summed E-state index contributed by atoms with van der Waals surface area (Å²) in [6.45, 7) is 6.06. The summed E-state index contributed by atoms with van der Waals surface area (Å²) in [6, 6.07) is 2.16. The molecule has 1 unspecified atom stereocenters. The minimum atomic E-state index is 0.248. The number of halogens is 1. The Bertz CT molecular complexity index is 378. The Labute approximate surface area is 117 Å². The van der Waals surface area contributed by atoms with Crippen molar-refractivity contribution in [2.75, 3.05) is 26.3 Å². The minimum Gasteiger partial charge on any atom is -0.381 e. The minimum absolute atomic E-state index is 0.248. The Hall–Kier alpha value is -0.450. The van der Waals surface area contributed by atoms with Crippen LogP contribution < -0.4 is 5.32 Å². The lowest BCUT2D eigenvalue weighted by Gasteiger charge is -2.28. The standard InChI is InChI=1S/C14H21BrN2O/c1-2-4-16-10-14(3-5-18-11-14)7-12-6-13(15)9-17-8-12/h6,8-9,16H,2-5,7,10-11H2,1H3. The van der Waals surface area contributed by atoms with Gasteiger partial charge in [-0.1, -0.05) is 6.92 Å². The third-order valence-corrected chi connectivity index (χ3v) is 3.89. The first-order valence-electron chi connectivity index (χ1n) is 6.62. The largest absolute Gasteiger partial charge is 0.381 e. The van der Waals surface area contributed by atoms with Gasteiger partial charge in [-0.2, -0.15) is 0 Å². The average Bonchev–Trinajstić information content (AvgIpc) is 2.78. The molecule has 100 valence electrons. The second kappa shape index (κ2) is 6.64. The summed E-state index contributed by atoms with van der Waals surface area (Å²) in [5.41, 5.74) is 1.53. The number of rotatable bonds is 6. The molecule has 2 heterocycles. The summed E-state index contributed by atoms with van der Waals surface area (Å²) in [5.74, 6) is 0. The van der Waals surface area contributed by atoms with Crippen LogP contribution in [0.25, 0.3) is 0 Å². The number of hydrogen-bond donors (Lipinski definition) is 1. The molecular formula is C14H21BrN2O. The maximum absolute atomic E-state index is 5.62. The molecule has 4 heteroatoms. The SMILES string of the molecule is CCCNCC1(Cc2cncc(Br)c2)CCOC1. The van der Waals surface area contributed by atoms with Crippen LogP contribution >= 0.6 is 15.9 Å². The summed E-state index contributed by atoms with van der Waals surface area (Å²) in [6.07, 6.45) is 7.14. The number of ether oxygens (including phenoxy) is 1. The molecule has 1 aliphatic heterocycles. The van der Waals surface area contributed by atoms with Crippen LogP contribution in [0.4, 0.5) is 0 Å². The van der Waals surface area contributed by atoms with Gasteiger partial charge in [0.15, 0.2) is 0 Å². The van der Waals surface area contributed by atoms with E-state index in [-0.39, 0.29) is 5.41 Å². The lowest BCUT2D eigenvalue weighted by atomic mass is 9.81. The van der Waals surface area contributed by atoms with E-state index in [0.29, 0.717) is 0 Å². The van der Waals surface area contributed by atoms with Gasteiger partial charge in [0, 0.05) is 35.4 Å². The third-order valence-electron chi connectivity index (χ3n) is 3.45. The molecular weight excluding hydrogens is 292 g/mol. The van der Waals surface area contributed by atoms with Crippen molar-refractivity contribution >= 4 is 15.9 Å². The molecule has 0 amide bonds. The zero-order valence-electron chi connectivity index (χ0n) is 10.9. The van der Waals surface area contributed by atoms with Crippen molar-refractivity contribution in [3.63, 3.8) is 0 Å². The highest BCUT2D eigenvalue weighted by molar-refractivity contribution is 9.10. The van der Waals surface area contributed by atoms with Gasteiger partial charge in [-0.3, -0.25) is 4.98 Å². The molecule has 0 spiro atoms. The predicted octanol–water partition coefficient (Wildman–Crippen LogP) is 2.79. The molecule has 1 fully saturated rings. The van der Waals surface area contributed by atoms with Gasteiger partial charge in [0.05, 0.1) is 6.61 Å². The van der Waals surface area contributed by atoms with Crippen LogP contribution in [0.1, 0.15) is 25.3 Å². The van der Waals surface area contributed by atoms with E-state index in [0.717, 1.165) is 43.6 Å². The molecule has 2 rings (SSSR count). The lowest BCUT2D eigenvalue weighted by molar-refractivity contribution is 0.149. The van der Waals surface area contributed by atoms with Gasteiger partial charge < -0.3 is 10.1 Å². The first-order chi connectivity index (χ1) is 8.74. The highest BCUT2D eigenvalue weighted by Crippen LogP contribution is 2.32. The maximum Gasteiger partial charge on any atom is 0.0538 e. The van der Waals surface area contributed by atoms with E-state index in [1.54, 1.807) is 0 Å². The molecule has 0 radical (unpaired) electrons. The van der Waals surface area contributed by atoms with Crippen molar-refractivity contribution in [1.29, 1.82) is 0 Å². The van der Waals surface area contributed by atoms with Crippen molar-refractivity contribution in [3.8, 4) is 0 Å². The second-order valence-corrected chi connectivity index (χ2v) is 6.08. The zero-order chi connectivity index (χ0) is 12.8. The van der Waals surface area contributed by atoms with E-state index in [1.165, 1.54) is 12.0 Å². The van der Waals surface area contributed by atoms with Gasteiger partial charge in [-0.05, 0) is 53.4 Å². The van der Waals surface area contributed by atoms with Gasteiger partial charge in [0.25, 0.3) is 0 Å². The first-order valence-corrected chi connectivity index (χ1v) is 7.41. The second-order valence-electron chi connectivity index (χ2n) is 5.17. The van der Waals surface area contributed by atoms with Crippen LogP contribution in [0.15, 0.2) is 22.9 Å². The normalized spacial score (nSPS) is 23.4. The van der Waals surface area contributed by atoms with E-state index in [1.807, 2.05) is 12.4 Å². The molecule has 0 bridgehead atoms. The Morgan fingerprint density at radius 1 is 1.50 bits per heavy atom. The molecule has 0 aliphatic carbocycles. The molecule has 1 atom stereocenters. The average molecular weight is 313 g/mol. The van der Waals surface area contributed by atoms with E-state index in [9.17, 15) is 0 Å². The summed E-state index contributed by atoms with van der Waals surface area (Å²) in [5, 5.41) is 3.54. The van der Waals surface area contributed by atoms with Gasteiger partial charge >= 0.3 is 0 Å². The van der Waals surface area contributed by atoms with Gasteiger partial charge in [0.1, 0.15) is 0 Å². The van der Waals surface area contributed by atoms with Gasteiger partial charge in [0.2, 0.25) is 0 Å². The monoisotopic (exact) mass is 312 g/mol. The molecule has 1 saturated heterocycles. The molecule has 1 aromatic rings. The quantitative estimate of drug-likeness (QED) is 0.820. The molecule has 0 saturated carbocycles. The first kappa shape index (κ1) is 14.0. The summed E-state index contributed by atoms with van der Waals surface area (Å²) >= 11 is 3.48. The summed E-state index contributed by atoms with van der Waals surface area (Å²) in [4.78, 5) is 4.25. The Morgan fingerprint density at radius 3 is 3.06 bits per heavy atom.